The van der Waals surface area contributed by atoms with E-state index in [2.05, 4.69) is 5.32 Å². The molecule has 0 saturated carbocycles. The Hall–Kier alpha value is -2.35. The lowest BCUT2D eigenvalue weighted by atomic mass is 9.85. The van der Waals surface area contributed by atoms with Gasteiger partial charge < -0.3 is 19.9 Å². The van der Waals surface area contributed by atoms with Crippen molar-refractivity contribution in [2.45, 2.75) is 13.0 Å². The van der Waals surface area contributed by atoms with E-state index in [0.29, 0.717) is 5.75 Å². The average molecular weight is 296 g/mol. The number of anilines is 1. The first-order valence-corrected chi connectivity index (χ1v) is 6.28. The van der Waals surface area contributed by atoms with Gasteiger partial charge >= 0.3 is 5.97 Å². The van der Waals surface area contributed by atoms with E-state index in [1.807, 2.05) is 0 Å². The third-order valence-corrected chi connectivity index (χ3v) is 3.67. The first-order valence-electron chi connectivity index (χ1n) is 6.28. The number of aliphatic carboxylic acids is 1. The molecule has 8 heteroatoms. The van der Waals surface area contributed by atoms with Gasteiger partial charge in [0.25, 0.3) is 5.69 Å². The van der Waals surface area contributed by atoms with Crippen LogP contribution < -0.4 is 10.1 Å². The molecule has 1 fully saturated rings. The number of carboxylic acid groups (broad SMARTS) is 1. The van der Waals surface area contributed by atoms with Crippen LogP contribution in [0.3, 0.4) is 0 Å². The van der Waals surface area contributed by atoms with Crippen molar-refractivity contribution >= 4 is 17.3 Å². The van der Waals surface area contributed by atoms with Gasteiger partial charge in [0.2, 0.25) is 0 Å². The molecule has 1 heterocycles. The van der Waals surface area contributed by atoms with Crippen LogP contribution in [0, 0.1) is 15.5 Å². The Morgan fingerprint density at radius 3 is 2.90 bits per heavy atom. The predicted octanol–water partition coefficient (Wildman–Crippen LogP) is 1.50. The number of benzene rings is 1. The number of hydrogen-bond donors (Lipinski definition) is 2. The molecule has 1 aliphatic rings. The van der Waals surface area contributed by atoms with Crippen LogP contribution in [-0.2, 0) is 9.53 Å². The van der Waals surface area contributed by atoms with Gasteiger partial charge in [0.1, 0.15) is 16.9 Å². The summed E-state index contributed by atoms with van der Waals surface area (Å²) in [6, 6.07) is 3.69. The SMILES string of the molecule is COc1ccc([N+](=O)[O-])c(NC2COCC2(C)C(=O)O)c1. The summed E-state index contributed by atoms with van der Waals surface area (Å²) in [4.78, 5) is 21.9. The normalized spacial score (nSPS) is 24.6. The quantitative estimate of drug-likeness (QED) is 0.625. The largest absolute Gasteiger partial charge is 0.497 e. The summed E-state index contributed by atoms with van der Waals surface area (Å²) in [5.41, 5.74) is -1.07. The van der Waals surface area contributed by atoms with Crippen LogP contribution in [0.2, 0.25) is 0 Å². The van der Waals surface area contributed by atoms with Crippen molar-refractivity contribution in [2.24, 2.45) is 5.41 Å². The Morgan fingerprint density at radius 1 is 1.62 bits per heavy atom. The van der Waals surface area contributed by atoms with E-state index in [9.17, 15) is 20.0 Å². The number of rotatable bonds is 5. The third-order valence-electron chi connectivity index (χ3n) is 3.67. The number of nitro benzene ring substituents is 1. The number of nitrogens with one attached hydrogen (secondary N) is 1. The predicted molar refractivity (Wildman–Crippen MR) is 73.6 cm³/mol. The second-order valence-corrected chi connectivity index (χ2v) is 5.07. The van der Waals surface area contributed by atoms with E-state index >= 15 is 0 Å². The molecule has 1 saturated heterocycles. The van der Waals surface area contributed by atoms with Crippen molar-refractivity contribution in [3.05, 3.63) is 28.3 Å². The van der Waals surface area contributed by atoms with Crippen LogP contribution in [0.4, 0.5) is 11.4 Å². The van der Waals surface area contributed by atoms with Gasteiger partial charge in [-0.3, -0.25) is 14.9 Å². The van der Waals surface area contributed by atoms with Crippen LogP contribution in [0.15, 0.2) is 18.2 Å². The van der Waals surface area contributed by atoms with Crippen LogP contribution >= 0.6 is 0 Å². The molecule has 21 heavy (non-hydrogen) atoms. The maximum Gasteiger partial charge on any atom is 0.313 e. The van der Waals surface area contributed by atoms with Crippen LogP contribution in [0.1, 0.15) is 6.92 Å². The van der Waals surface area contributed by atoms with Gasteiger partial charge in [0, 0.05) is 12.1 Å². The maximum atomic E-state index is 11.4. The minimum atomic E-state index is -1.14. The summed E-state index contributed by atoms with van der Waals surface area (Å²) in [5, 5.41) is 23.3. The Labute approximate surface area is 120 Å². The summed E-state index contributed by atoms with van der Waals surface area (Å²) >= 11 is 0. The fourth-order valence-electron chi connectivity index (χ4n) is 2.19. The third kappa shape index (κ3) is 2.75. The molecular formula is C13H16N2O6. The van der Waals surface area contributed by atoms with Crippen molar-refractivity contribution in [3.63, 3.8) is 0 Å². The zero-order chi connectivity index (χ0) is 15.6. The Bertz CT molecular complexity index is 576. The second-order valence-electron chi connectivity index (χ2n) is 5.07. The smallest absolute Gasteiger partial charge is 0.313 e. The number of hydrogen-bond acceptors (Lipinski definition) is 6. The Balaban J connectivity index is 2.34. The minimum Gasteiger partial charge on any atom is -0.497 e. The molecule has 0 bridgehead atoms. The highest BCUT2D eigenvalue weighted by Crippen LogP contribution is 2.35. The number of nitro groups is 1. The van der Waals surface area contributed by atoms with Crippen LogP contribution in [0.25, 0.3) is 0 Å². The standard InChI is InChI=1S/C13H16N2O6/c1-13(12(16)17)7-21-6-11(13)14-9-5-8(20-2)3-4-10(9)15(18)19/h3-5,11,14H,6-7H2,1-2H3,(H,16,17). The van der Waals surface area contributed by atoms with Gasteiger partial charge in [0.15, 0.2) is 0 Å². The van der Waals surface area contributed by atoms with Gasteiger partial charge in [-0.1, -0.05) is 0 Å². The molecule has 2 unspecified atom stereocenters. The molecule has 0 amide bonds. The highest BCUT2D eigenvalue weighted by Gasteiger charge is 2.47. The summed E-state index contributed by atoms with van der Waals surface area (Å²) in [6.07, 6.45) is 0. The maximum absolute atomic E-state index is 11.4. The molecule has 0 aromatic heterocycles. The number of methoxy groups -OCH3 is 1. The van der Waals surface area contributed by atoms with Gasteiger partial charge in [0.05, 0.1) is 31.3 Å². The second kappa shape index (κ2) is 5.57. The van der Waals surface area contributed by atoms with Crippen LogP contribution in [-0.4, -0.2) is 42.4 Å². The molecule has 2 rings (SSSR count). The number of nitrogens with zero attached hydrogens (tertiary/aromatic N) is 1. The van der Waals surface area contributed by atoms with Crippen molar-refractivity contribution in [2.75, 3.05) is 25.6 Å². The van der Waals surface area contributed by atoms with Gasteiger partial charge in [-0.05, 0) is 13.0 Å². The molecule has 1 aromatic rings. The highest BCUT2D eigenvalue weighted by molar-refractivity contribution is 5.77. The van der Waals surface area contributed by atoms with E-state index < -0.39 is 22.3 Å². The fraction of sp³-hybridized carbons (Fsp3) is 0.462. The van der Waals surface area contributed by atoms with E-state index in [-0.39, 0.29) is 24.6 Å². The first-order chi connectivity index (χ1) is 9.88. The van der Waals surface area contributed by atoms with E-state index in [1.54, 1.807) is 6.92 Å². The molecule has 0 spiro atoms. The average Bonchev–Trinajstić information content (AvgIpc) is 2.81. The minimum absolute atomic E-state index is 0.0533. The summed E-state index contributed by atoms with van der Waals surface area (Å²) < 4.78 is 10.3. The molecule has 1 aliphatic heterocycles. The van der Waals surface area contributed by atoms with Crippen molar-refractivity contribution in [1.82, 2.24) is 0 Å². The highest BCUT2D eigenvalue weighted by atomic mass is 16.6. The lowest BCUT2D eigenvalue weighted by molar-refractivity contribution is -0.384. The zero-order valence-corrected chi connectivity index (χ0v) is 11.7. The number of ether oxygens (including phenoxy) is 2. The molecule has 2 N–H and O–H groups in total. The molecular weight excluding hydrogens is 280 g/mol. The molecule has 8 nitrogen and oxygen atoms in total. The number of carbonyl (C=O) groups is 1. The van der Waals surface area contributed by atoms with Crippen molar-refractivity contribution in [1.29, 1.82) is 0 Å². The van der Waals surface area contributed by atoms with Crippen molar-refractivity contribution < 1.29 is 24.3 Å². The monoisotopic (exact) mass is 296 g/mol. The van der Waals surface area contributed by atoms with E-state index in [0.717, 1.165) is 0 Å². The van der Waals surface area contributed by atoms with Gasteiger partial charge in [-0.15, -0.1) is 0 Å². The lowest BCUT2D eigenvalue weighted by Crippen LogP contribution is -2.43. The Kier molecular flexibility index (Phi) is 3.99. The molecule has 0 radical (unpaired) electrons. The zero-order valence-electron chi connectivity index (χ0n) is 11.7. The summed E-state index contributed by atoms with van der Waals surface area (Å²) in [5.74, 6) is -0.568. The summed E-state index contributed by atoms with van der Waals surface area (Å²) in [6.45, 7) is 1.76. The topological polar surface area (TPSA) is 111 Å². The van der Waals surface area contributed by atoms with E-state index in [1.165, 1.54) is 25.3 Å². The Morgan fingerprint density at radius 2 is 2.33 bits per heavy atom. The van der Waals surface area contributed by atoms with Gasteiger partial charge in [-0.25, -0.2) is 0 Å². The summed E-state index contributed by atoms with van der Waals surface area (Å²) in [7, 11) is 1.45. The lowest BCUT2D eigenvalue weighted by Gasteiger charge is -2.26. The fourth-order valence-corrected chi connectivity index (χ4v) is 2.19. The van der Waals surface area contributed by atoms with Gasteiger partial charge in [-0.2, -0.15) is 0 Å². The van der Waals surface area contributed by atoms with Crippen LogP contribution in [0.5, 0.6) is 5.75 Å². The van der Waals surface area contributed by atoms with E-state index in [4.69, 9.17) is 9.47 Å². The first kappa shape index (κ1) is 15.0. The molecule has 2 atom stereocenters. The molecule has 114 valence electrons. The number of carboxylic acids is 1. The molecule has 0 aliphatic carbocycles. The molecule has 1 aromatic carbocycles. The van der Waals surface area contributed by atoms with Crippen molar-refractivity contribution in [3.8, 4) is 5.75 Å².